The summed E-state index contributed by atoms with van der Waals surface area (Å²) in [4.78, 5) is 26.2. The maximum atomic E-state index is 12.1. The first-order chi connectivity index (χ1) is 10.6. The summed E-state index contributed by atoms with van der Waals surface area (Å²) in [5, 5.41) is 10.1. The number of nitrogens with one attached hydrogen (secondary N) is 1. The van der Waals surface area contributed by atoms with Gasteiger partial charge in [0.25, 0.3) is 5.56 Å². The molecule has 0 bridgehead atoms. The lowest BCUT2D eigenvalue weighted by Gasteiger charge is -2.11. The monoisotopic (exact) mass is 303 g/mol. The summed E-state index contributed by atoms with van der Waals surface area (Å²) >= 11 is 0. The quantitative estimate of drug-likeness (QED) is 0.769. The van der Waals surface area contributed by atoms with E-state index in [1.165, 1.54) is 0 Å². The first-order valence-corrected chi connectivity index (χ1v) is 7.54. The number of aromatic carboxylic acids is 1. The number of ether oxygens (including phenoxy) is 1. The average Bonchev–Trinajstić information content (AvgIpc) is 2.49. The van der Waals surface area contributed by atoms with E-state index in [1.807, 2.05) is 6.07 Å². The first-order valence-electron chi connectivity index (χ1n) is 7.54. The molecule has 5 heteroatoms. The predicted octanol–water partition coefficient (Wildman–Crippen LogP) is 3.36. The molecule has 1 aromatic heterocycles. The van der Waals surface area contributed by atoms with Crippen molar-refractivity contribution >= 4 is 16.9 Å². The van der Waals surface area contributed by atoms with E-state index < -0.39 is 11.5 Å². The van der Waals surface area contributed by atoms with Crippen molar-refractivity contribution in [2.24, 2.45) is 0 Å². The predicted molar refractivity (Wildman–Crippen MR) is 85.9 cm³/mol. The number of aromatic amines is 1. The summed E-state index contributed by atoms with van der Waals surface area (Å²) in [5.41, 5.74) is 0.526. The molecule has 0 saturated heterocycles. The van der Waals surface area contributed by atoms with Gasteiger partial charge in [-0.1, -0.05) is 26.2 Å². The van der Waals surface area contributed by atoms with Crippen LogP contribution in [0.2, 0.25) is 0 Å². The van der Waals surface area contributed by atoms with Crippen molar-refractivity contribution in [2.75, 3.05) is 7.11 Å². The normalized spacial score (nSPS) is 10.8. The van der Waals surface area contributed by atoms with Crippen molar-refractivity contribution in [2.45, 2.75) is 39.0 Å². The van der Waals surface area contributed by atoms with Gasteiger partial charge in [0.2, 0.25) is 0 Å². The van der Waals surface area contributed by atoms with Crippen LogP contribution in [0.3, 0.4) is 0 Å². The number of rotatable bonds is 7. The lowest BCUT2D eigenvalue weighted by atomic mass is 9.97. The highest BCUT2D eigenvalue weighted by Gasteiger charge is 2.18. The number of aryl methyl sites for hydroxylation is 1. The number of carboxylic acids is 1. The number of carboxylic acid groups (broad SMARTS) is 1. The van der Waals surface area contributed by atoms with E-state index in [-0.39, 0.29) is 5.56 Å². The minimum atomic E-state index is -1.18. The third-order valence-electron chi connectivity index (χ3n) is 3.82. The molecule has 118 valence electrons. The van der Waals surface area contributed by atoms with Crippen LogP contribution in [0.25, 0.3) is 10.9 Å². The number of carbonyl (C=O) groups is 1. The molecule has 0 aliphatic heterocycles. The van der Waals surface area contributed by atoms with Gasteiger partial charge in [0.1, 0.15) is 11.3 Å². The highest BCUT2D eigenvalue weighted by atomic mass is 16.5. The smallest absolute Gasteiger partial charge is 0.341 e. The molecule has 0 saturated carbocycles. The molecule has 5 nitrogen and oxygen atoms in total. The Morgan fingerprint density at radius 1 is 1.27 bits per heavy atom. The van der Waals surface area contributed by atoms with Crippen LogP contribution in [0.4, 0.5) is 0 Å². The number of hydrogen-bond acceptors (Lipinski definition) is 3. The Kier molecular flexibility index (Phi) is 5.20. The number of hydrogen-bond donors (Lipinski definition) is 2. The molecule has 0 radical (unpaired) electrons. The summed E-state index contributed by atoms with van der Waals surface area (Å²) in [5.74, 6) is -0.549. The van der Waals surface area contributed by atoms with E-state index in [4.69, 9.17) is 4.74 Å². The Balaban J connectivity index is 2.53. The van der Waals surface area contributed by atoms with Crippen molar-refractivity contribution in [3.63, 3.8) is 0 Å². The molecule has 1 heterocycles. The molecule has 0 aliphatic carbocycles. The lowest BCUT2D eigenvalue weighted by Crippen LogP contribution is -2.21. The third-order valence-corrected chi connectivity index (χ3v) is 3.82. The molecule has 2 aromatic rings. The van der Waals surface area contributed by atoms with Gasteiger partial charge in [-0.15, -0.1) is 0 Å². The second-order valence-corrected chi connectivity index (χ2v) is 5.34. The van der Waals surface area contributed by atoms with Crippen LogP contribution >= 0.6 is 0 Å². The van der Waals surface area contributed by atoms with E-state index in [9.17, 15) is 14.7 Å². The van der Waals surface area contributed by atoms with E-state index in [0.29, 0.717) is 23.3 Å². The van der Waals surface area contributed by atoms with Crippen molar-refractivity contribution in [1.29, 1.82) is 0 Å². The van der Waals surface area contributed by atoms with Crippen molar-refractivity contribution in [3.05, 3.63) is 39.7 Å². The summed E-state index contributed by atoms with van der Waals surface area (Å²) in [7, 11) is 1.55. The van der Waals surface area contributed by atoms with Crippen LogP contribution < -0.4 is 10.3 Å². The van der Waals surface area contributed by atoms with E-state index in [2.05, 4.69) is 11.9 Å². The van der Waals surface area contributed by atoms with Crippen molar-refractivity contribution < 1.29 is 14.6 Å². The summed E-state index contributed by atoms with van der Waals surface area (Å²) in [6.07, 6.45) is 4.71. The molecular weight excluding hydrogens is 282 g/mol. The van der Waals surface area contributed by atoms with Crippen molar-refractivity contribution in [1.82, 2.24) is 4.98 Å². The minimum Gasteiger partial charge on any atom is -0.497 e. The molecule has 0 spiro atoms. The Morgan fingerprint density at radius 2 is 2.05 bits per heavy atom. The maximum Gasteiger partial charge on any atom is 0.341 e. The molecule has 22 heavy (non-hydrogen) atoms. The van der Waals surface area contributed by atoms with E-state index >= 15 is 0 Å². The summed E-state index contributed by atoms with van der Waals surface area (Å²) in [6.45, 7) is 2.12. The standard InChI is InChI=1S/C17H21NO4/c1-3-4-5-6-7-13-12-9-8-11(22-2)10-14(12)18-16(19)15(13)17(20)21/h8-10H,3-7H2,1-2H3,(H,18,19)(H,20,21). The van der Waals surface area contributed by atoms with Crippen LogP contribution in [0, 0.1) is 0 Å². The zero-order valence-electron chi connectivity index (χ0n) is 12.9. The Hall–Kier alpha value is -2.30. The van der Waals surface area contributed by atoms with Gasteiger partial charge in [-0.3, -0.25) is 4.79 Å². The van der Waals surface area contributed by atoms with Crippen LogP contribution in [0.5, 0.6) is 5.75 Å². The number of aromatic nitrogens is 1. The van der Waals surface area contributed by atoms with Gasteiger partial charge in [0.05, 0.1) is 12.6 Å². The third kappa shape index (κ3) is 3.30. The van der Waals surface area contributed by atoms with Gasteiger partial charge in [-0.25, -0.2) is 4.79 Å². The van der Waals surface area contributed by atoms with Gasteiger partial charge in [0.15, 0.2) is 0 Å². The zero-order valence-corrected chi connectivity index (χ0v) is 12.9. The van der Waals surface area contributed by atoms with Gasteiger partial charge >= 0.3 is 5.97 Å². The fourth-order valence-corrected chi connectivity index (χ4v) is 2.69. The Labute approximate surface area is 128 Å². The Morgan fingerprint density at radius 3 is 2.68 bits per heavy atom. The van der Waals surface area contributed by atoms with E-state index in [1.54, 1.807) is 19.2 Å². The molecule has 2 rings (SSSR count). The topological polar surface area (TPSA) is 79.4 Å². The minimum absolute atomic E-state index is 0.144. The van der Waals surface area contributed by atoms with Crippen LogP contribution in [0.1, 0.15) is 48.5 Å². The van der Waals surface area contributed by atoms with Crippen LogP contribution in [-0.2, 0) is 6.42 Å². The number of fused-ring (bicyclic) bond motifs is 1. The highest BCUT2D eigenvalue weighted by Crippen LogP contribution is 2.24. The van der Waals surface area contributed by atoms with Gasteiger partial charge < -0.3 is 14.8 Å². The number of unbranched alkanes of at least 4 members (excludes halogenated alkanes) is 3. The lowest BCUT2D eigenvalue weighted by molar-refractivity contribution is 0.0694. The molecule has 0 fully saturated rings. The fourth-order valence-electron chi connectivity index (χ4n) is 2.69. The number of benzene rings is 1. The number of H-pyrrole nitrogens is 1. The molecule has 0 amide bonds. The fraction of sp³-hybridized carbons (Fsp3) is 0.412. The molecule has 0 atom stereocenters. The molecule has 0 unspecified atom stereocenters. The molecular formula is C17H21NO4. The second kappa shape index (κ2) is 7.11. The summed E-state index contributed by atoms with van der Waals surface area (Å²) in [6, 6.07) is 5.31. The maximum absolute atomic E-state index is 12.1. The number of pyridine rings is 1. The molecule has 0 aliphatic rings. The SMILES string of the molecule is CCCCCCc1c(C(=O)O)c(=O)[nH]c2cc(OC)ccc12. The largest absolute Gasteiger partial charge is 0.497 e. The average molecular weight is 303 g/mol. The van der Waals surface area contributed by atoms with Gasteiger partial charge in [-0.2, -0.15) is 0 Å². The zero-order chi connectivity index (χ0) is 16.1. The first kappa shape index (κ1) is 16.1. The van der Waals surface area contributed by atoms with E-state index in [0.717, 1.165) is 31.1 Å². The number of methoxy groups -OCH3 is 1. The molecule has 2 N–H and O–H groups in total. The second-order valence-electron chi connectivity index (χ2n) is 5.34. The van der Waals surface area contributed by atoms with Crippen LogP contribution in [-0.4, -0.2) is 23.2 Å². The summed E-state index contributed by atoms with van der Waals surface area (Å²) < 4.78 is 5.15. The molecule has 1 aromatic carbocycles. The van der Waals surface area contributed by atoms with Crippen molar-refractivity contribution in [3.8, 4) is 5.75 Å². The Bertz CT molecular complexity index is 733. The van der Waals surface area contributed by atoms with Gasteiger partial charge in [-0.05, 0) is 30.5 Å². The van der Waals surface area contributed by atoms with Gasteiger partial charge in [0, 0.05) is 11.5 Å². The highest BCUT2D eigenvalue weighted by molar-refractivity contribution is 5.96. The van der Waals surface area contributed by atoms with Crippen LogP contribution in [0.15, 0.2) is 23.0 Å².